The molecule has 2 heterocycles. The van der Waals surface area contributed by atoms with Gasteiger partial charge in [0, 0.05) is 62.9 Å². The van der Waals surface area contributed by atoms with Crippen molar-refractivity contribution in [1.29, 1.82) is 0 Å². The van der Waals surface area contributed by atoms with E-state index in [1.165, 1.54) is 0 Å². The molecule has 154 valence electrons. The van der Waals surface area contributed by atoms with E-state index in [0.29, 0.717) is 30.9 Å². The number of aromatic nitrogens is 2. The molecule has 1 N–H and O–H groups in total. The number of carbonyl (C=O) groups excluding carboxylic acids is 2. The van der Waals surface area contributed by atoms with Gasteiger partial charge in [-0.2, -0.15) is 0 Å². The van der Waals surface area contributed by atoms with Crippen LogP contribution in [0.3, 0.4) is 0 Å². The molecule has 2 aromatic rings. The fourth-order valence-corrected chi connectivity index (χ4v) is 3.39. The topological polar surface area (TPSA) is 81.7 Å². The summed E-state index contributed by atoms with van der Waals surface area (Å²) in [5, 5.41) is 2.91. The van der Waals surface area contributed by atoms with Crippen molar-refractivity contribution in [2.24, 2.45) is 0 Å². The minimum atomic E-state index is -0.0816. The number of carbonyl (C=O) groups is 2. The van der Waals surface area contributed by atoms with Crippen LogP contribution in [0.15, 0.2) is 42.7 Å². The number of anilines is 2. The first-order chi connectivity index (χ1) is 14.1. The maximum Gasteiger partial charge on any atom is 0.253 e. The summed E-state index contributed by atoms with van der Waals surface area (Å²) in [5.41, 5.74) is 1.23. The Kier molecular flexibility index (Phi) is 7.13. The summed E-state index contributed by atoms with van der Waals surface area (Å²) >= 11 is 0. The highest BCUT2D eigenvalue weighted by Gasteiger charge is 2.20. The van der Waals surface area contributed by atoms with Crippen molar-refractivity contribution in [3.8, 4) is 0 Å². The first-order valence-corrected chi connectivity index (χ1v) is 10.0. The largest absolute Gasteiger partial charge is 0.339 e. The molecule has 0 unspecified atom stereocenters. The van der Waals surface area contributed by atoms with E-state index in [1.807, 2.05) is 19.9 Å². The normalized spacial score (nSPS) is 14.5. The van der Waals surface area contributed by atoms with Crippen molar-refractivity contribution in [2.75, 3.05) is 56.0 Å². The Hall–Kier alpha value is -3.00. The van der Waals surface area contributed by atoms with Gasteiger partial charge in [-0.1, -0.05) is 6.07 Å². The van der Waals surface area contributed by atoms with Crippen LogP contribution in [0.4, 0.5) is 11.6 Å². The molecule has 1 saturated heterocycles. The van der Waals surface area contributed by atoms with Gasteiger partial charge in [-0.15, -0.1) is 0 Å². The first kappa shape index (κ1) is 20.7. The summed E-state index contributed by atoms with van der Waals surface area (Å²) in [6.45, 7) is 8.65. The standard InChI is InChI=1S/C21H28N6O2/c1-3-26(4-2)20(29)17-7-5-8-18(15-17)24-19(28)16-25-11-13-27(14-12-25)21-22-9-6-10-23-21/h5-10,15H,3-4,11-14,16H2,1-2H3,(H,24,28). The van der Waals surface area contributed by atoms with Crippen molar-refractivity contribution in [3.63, 3.8) is 0 Å². The van der Waals surface area contributed by atoms with Gasteiger partial charge in [0.05, 0.1) is 6.54 Å². The number of nitrogens with zero attached hydrogens (tertiary/aromatic N) is 5. The lowest BCUT2D eigenvalue weighted by Gasteiger charge is -2.34. The number of amides is 2. The molecule has 8 heteroatoms. The van der Waals surface area contributed by atoms with Crippen LogP contribution in [-0.2, 0) is 4.79 Å². The van der Waals surface area contributed by atoms with Crippen LogP contribution in [0.1, 0.15) is 24.2 Å². The van der Waals surface area contributed by atoms with E-state index in [1.54, 1.807) is 41.6 Å². The zero-order valence-corrected chi connectivity index (χ0v) is 17.0. The van der Waals surface area contributed by atoms with Gasteiger partial charge in [-0.25, -0.2) is 9.97 Å². The molecule has 1 aromatic carbocycles. The Morgan fingerprint density at radius 3 is 2.38 bits per heavy atom. The molecule has 1 aliphatic rings. The zero-order chi connectivity index (χ0) is 20.6. The Bertz CT molecular complexity index is 817. The predicted molar refractivity (Wildman–Crippen MR) is 113 cm³/mol. The molecule has 0 saturated carbocycles. The highest BCUT2D eigenvalue weighted by Crippen LogP contribution is 2.14. The minimum absolute atomic E-state index is 0.0228. The summed E-state index contributed by atoms with van der Waals surface area (Å²) in [6.07, 6.45) is 3.47. The second kappa shape index (κ2) is 9.97. The number of hydrogen-bond acceptors (Lipinski definition) is 6. The lowest BCUT2D eigenvalue weighted by molar-refractivity contribution is -0.117. The molecule has 0 bridgehead atoms. The molecule has 1 fully saturated rings. The van der Waals surface area contributed by atoms with Gasteiger partial charge >= 0.3 is 0 Å². The Labute approximate surface area is 171 Å². The molecule has 2 amide bonds. The summed E-state index contributed by atoms with van der Waals surface area (Å²) in [4.78, 5) is 39.5. The molecule has 1 aromatic heterocycles. The van der Waals surface area contributed by atoms with Crippen LogP contribution in [0.25, 0.3) is 0 Å². The Morgan fingerprint density at radius 2 is 1.72 bits per heavy atom. The second-order valence-corrected chi connectivity index (χ2v) is 6.92. The van der Waals surface area contributed by atoms with Crippen LogP contribution in [-0.4, -0.2) is 77.4 Å². The molecule has 8 nitrogen and oxygen atoms in total. The van der Waals surface area contributed by atoms with E-state index in [4.69, 9.17) is 0 Å². The molecule has 29 heavy (non-hydrogen) atoms. The maximum atomic E-state index is 12.5. The van der Waals surface area contributed by atoms with E-state index in [-0.39, 0.29) is 11.8 Å². The van der Waals surface area contributed by atoms with Crippen molar-refractivity contribution < 1.29 is 9.59 Å². The summed E-state index contributed by atoms with van der Waals surface area (Å²) < 4.78 is 0. The SMILES string of the molecule is CCN(CC)C(=O)c1cccc(NC(=O)CN2CCN(c3ncccn3)CC2)c1. The van der Waals surface area contributed by atoms with Gasteiger partial charge in [-0.05, 0) is 38.1 Å². The van der Waals surface area contributed by atoms with Crippen LogP contribution in [0.5, 0.6) is 0 Å². The fraction of sp³-hybridized carbons (Fsp3) is 0.429. The van der Waals surface area contributed by atoms with Gasteiger partial charge < -0.3 is 15.1 Å². The highest BCUT2D eigenvalue weighted by molar-refractivity contribution is 5.97. The first-order valence-electron chi connectivity index (χ1n) is 10.0. The third kappa shape index (κ3) is 5.51. The second-order valence-electron chi connectivity index (χ2n) is 6.92. The molecule has 0 radical (unpaired) electrons. The van der Waals surface area contributed by atoms with Crippen LogP contribution < -0.4 is 10.2 Å². The molecule has 0 spiro atoms. The number of piperazine rings is 1. The number of nitrogens with one attached hydrogen (secondary N) is 1. The lowest BCUT2D eigenvalue weighted by atomic mass is 10.1. The molecule has 1 aliphatic heterocycles. The van der Waals surface area contributed by atoms with Gasteiger partial charge in [0.25, 0.3) is 5.91 Å². The molecular weight excluding hydrogens is 368 g/mol. The molecule has 3 rings (SSSR count). The van der Waals surface area contributed by atoms with E-state index in [2.05, 4.69) is 25.1 Å². The van der Waals surface area contributed by atoms with Crippen molar-refractivity contribution in [1.82, 2.24) is 19.8 Å². The van der Waals surface area contributed by atoms with E-state index in [9.17, 15) is 9.59 Å². The van der Waals surface area contributed by atoms with Crippen molar-refractivity contribution >= 4 is 23.5 Å². The molecule has 0 atom stereocenters. The van der Waals surface area contributed by atoms with Crippen molar-refractivity contribution in [3.05, 3.63) is 48.3 Å². The van der Waals surface area contributed by atoms with Gasteiger partial charge in [0.2, 0.25) is 11.9 Å². The average Bonchev–Trinajstić information content (AvgIpc) is 2.76. The van der Waals surface area contributed by atoms with Gasteiger partial charge in [0.1, 0.15) is 0 Å². The maximum absolute atomic E-state index is 12.5. The summed E-state index contributed by atoms with van der Waals surface area (Å²) in [6, 6.07) is 8.92. The van der Waals surface area contributed by atoms with Crippen molar-refractivity contribution in [2.45, 2.75) is 13.8 Å². The smallest absolute Gasteiger partial charge is 0.253 e. The quantitative estimate of drug-likeness (QED) is 0.768. The van der Waals surface area contributed by atoms with Crippen LogP contribution in [0.2, 0.25) is 0 Å². The van der Waals surface area contributed by atoms with E-state index < -0.39 is 0 Å². The minimum Gasteiger partial charge on any atom is -0.339 e. The van der Waals surface area contributed by atoms with Gasteiger partial charge in [-0.3, -0.25) is 14.5 Å². The number of benzene rings is 1. The van der Waals surface area contributed by atoms with Crippen LogP contribution in [0, 0.1) is 0 Å². The van der Waals surface area contributed by atoms with Gasteiger partial charge in [0.15, 0.2) is 0 Å². The fourth-order valence-electron chi connectivity index (χ4n) is 3.39. The predicted octanol–water partition coefficient (Wildman–Crippen LogP) is 1.72. The number of rotatable bonds is 7. The summed E-state index contributed by atoms with van der Waals surface area (Å²) in [7, 11) is 0. The Morgan fingerprint density at radius 1 is 1.03 bits per heavy atom. The van der Waals surface area contributed by atoms with E-state index >= 15 is 0 Å². The third-order valence-electron chi connectivity index (χ3n) is 5.02. The third-order valence-corrected chi connectivity index (χ3v) is 5.02. The Balaban J connectivity index is 1.51. The summed E-state index contributed by atoms with van der Waals surface area (Å²) in [5.74, 6) is 0.624. The lowest BCUT2D eigenvalue weighted by Crippen LogP contribution is -2.49. The highest BCUT2D eigenvalue weighted by atomic mass is 16.2. The monoisotopic (exact) mass is 396 g/mol. The van der Waals surface area contributed by atoms with E-state index in [0.717, 1.165) is 32.1 Å². The van der Waals surface area contributed by atoms with Crippen LogP contribution >= 0.6 is 0 Å². The molecular formula is C21H28N6O2. The average molecular weight is 396 g/mol. The molecule has 0 aliphatic carbocycles. The number of hydrogen-bond donors (Lipinski definition) is 1. The zero-order valence-electron chi connectivity index (χ0n) is 17.0.